The van der Waals surface area contributed by atoms with E-state index in [-0.39, 0.29) is 5.91 Å². The second-order valence-electron chi connectivity index (χ2n) is 5.37. The molecule has 0 bridgehead atoms. The summed E-state index contributed by atoms with van der Waals surface area (Å²) in [6.07, 6.45) is 3.60. The average Bonchev–Trinajstić information content (AvgIpc) is 2.38. The Morgan fingerprint density at radius 1 is 1.26 bits per heavy atom. The summed E-state index contributed by atoms with van der Waals surface area (Å²) >= 11 is 0. The lowest BCUT2D eigenvalue weighted by molar-refractivity contribution is -0.116. The standard InChI is InChI=1S/C17H25NO/c1-5-14(4)15-9-11-16(12-10-15)18-17(19)8-6-7-13(2)3/h9-13H,4-8H2,1-3H3,(H,18,19). The Labute approximate surface area is 116 Å². The monoisotopic (exact) mass is 259 g/mol. The van der Waals surface area contributed by atoms with E-state index < -0.39 is 0 Å². The van der Waals surface area contributed by atoms with E-state index in [0.717, 1.165) is 36.1 Å². The number of nitrogens with one attached hydrogen (secondary N) is 1. The zero-order chi connectivity index (χ0) is 14.3. The number of carbonyl (C=O) groups excluding carboxylic acids is 1. The highest BCUT2D eigenvalue weighted by Gasteiger charge is 2.04. The number of carbonyl (C=O) groups is 1. The van der Waals surface area contributed by atoms with Crippen LogP contribution in [0.2, 0.25) is 0 Å². The highest BCUT2D eigenvalue weighted by Crippen LogP contribution is 2.18. The topological polar surface area (TPSA) is 29.1 Å². The van der Waals surface area contributed by atoms with Crippen molar-refractivity contribution in [3.05, 3.63) is 36.4 Å². The SMILES string of the molecule is C=C(CC)c1ccc(NC(=O)CCCC(C)C)cc1. The van der Waals surface area contributed by atoms with E-state index in [4.69, 9.17) is 0 Å². The normalized spacial score (nSPS) is 10.5. The van der Waals surface area contributed by atoms with Crippen LogP contribution in [0.5, 0.6) is 0 Å². The van der Waals surface area contributed by atoms with Gasteiger partial charge in [0.15, 0.2) is 0 Å². The summed E-state index contributed by atoms with van der Waals surface area (Å²) in [4.78, 5) is 11.7. The summed E-state index contributed by atoms with van der Waals surface area (Å²) < 4.78 is 0. The molecule has 0 atom stereocenters. The van der Waals surface area contributed by atoms with Gasteiger partial charge in [-0.2, -0.15) is 0 Å². The molecule has 0 aliphatic rings. The van der Waals surface area contributed by atoms with Crippen LogP contribution in [-0.4, -0.2) is 5.91 Å². The van der Waals surface area contributed by atoms with E-state index in [2.05, 4.69) is 32.7 Å². The first-order valence-corrected chi connectivity index (χ1v) is 7.11. The summed E-state index contributed by atoms with van der Waals surface area (Å²) in [5, 5.41) is 2.93. The first-order chi connectivity index (χ1) is 9.02. The van der Waals surface area contributed by atoms with E-state index in [9.17, 15) is 4.79 Å². The van der Waals surface area contributed by atoms with Crippen molar-refractivity contribution in [2.24, 2.45) is 5.92 Å². The minimum atomic E-state index is 0.0997. The lowest BCUT2D eigenvalue weighted by Gasteiger charge is -2.08. The minimum Gasteiger partial charge on any atom is -0.326 e. The van der Waals surface area contributed by atoms with Crippen LogP contribution >= 0.6 is 0 Å². The fourth-order valence-electron chi connectivity index (χ4n) is 1.89. The molecule has 0 spiro atoms. The van der Waals surface area contributed by atoms with Gasteiger partial charge in [0.1, 0.15) is 0 Å². The zero-order valence-electron chi connectivity index (χ0n) is 12.3. The van der Waals surface area contributed by atoms with E-state index in [1.165, 1.54) is 0 Å². The van der Waals surface area contributed by atoms with Gasteiger partial charge in [0.2, 0.25) is 5.91 Å². The number of benzene rings is 1. The summed E-state index contributed by atoms with van der Waals surface area (Å²) in [5.74, 6) is 0.759. The Bertz CT molecular complexity index is 417. The number of rotatable bonds is 7. The predicted molar refractivity (Wildman–Crippen MR) is 83.1 cm³/mol. The Kier molecular flexibility index (Phi) is 6.34. The molecule has 0 aliphatic carbocycles. The molecule has 0 saturated heterocycles. The van der Waals surface area contributed by atoms with Crippen molar-refractivity contribution >= 4 is 17.2 Å². The molecule has 0 saturated carbocycles. The van der Waals surface area contributed by atoms with Crippen LogP contribution in [0.1, 0.15) is 52.0 Å². The van der Waals surface area contributed by atoms with Gasteiger partial charge in [0.25, 0.3) is 0 Å². The van der Waals surface area contributed by atoms with Crippen LogP contribution in [0.3, 0.4) is 0 Å². The van der Waals surface area contributed by atoms with Crippen LogP contribution in [0.15, 0.2) is 30.8 Å². The van der Waals surface area contributed by atoms with Gasteiger partial charge >= 0.3 is 0 Å². The first-order valence-electron chi connectivity index (χ1n) is 7.11. The molecule has 1 N–H and O–H groups in total. The molecule has 0 radical (unpaired) electrons. The lowest BCUT2D eigenvalue weighted by Crippen LogP contribution is -2.11. The Morgan fingerprint density at radius 2 is 1.89 bits per heavy atom. The first kappa shape index (κ1) is 15.5. The van der Waals surface area contributed by atoms with Crippen molar-refractivity contribution < 1.29 is 4.79 Å². The summed E-state index contributed by atoms with van der Waals surface area (Å²) in [7, 11) is 0. The molecule has 0 fully saturated rings. The molecule has 0 unspecified atom stereocenters. The zero-order valence-corrected chi connectivity index (χ0v) is 12.3. The van der Waals surface area contributed by atoms with Gasteiger partial charge in [-0.1, -0.05) is 45.9 Å². The summed E-state index contributed by atoms with van der Waals surface area (Å²) in [6.45, 7) is 10.4. The molecule has 0 aromatic heterocycles. The smallest absolute Gasteiger partial charge is 0.224 e. The second-order valence-corrected chi connectivity index (χ2v) is 5.37. The fourth-order valence-corrected chi connectivity index (χ4v) is 1.89. The van der Waals surface area contributed by atoms with Crippen molar-refractivity contribution in [3.8, 4) is 0 Å². The van der Waals surface area contributed by atoms with Crippen molar-refractivity contribution in [2.45, 2.75) is 46.5 Å². The molecule has 19 heavy (non-hydrogen) atoms. The predicted octanol–water partition coefficient (Wildman–Crippen LogP) is 4.87. The third-order valence-electron chi connectivity index (χ3n) is 3.19. The third kappa shape index (κ3) is 5.73. The van der Waals surface area contributed by atoms with E-state index in [1.807, 2.05) is 24.3 Å². The summed E-state index contributed by atoms with van der Waals surface area (Å²) in [5.41, 5.74) is 3.12. The molecule has 104 valence electrons. The Balaban J connectivity index is 2.44. The van der Waals surface area contributed by atoms with Gasteiger partial charge in [-0.15, -0.1) is 0 Å². The number of hydrogen-bond acceptors (Lipinski definition) is 1. The Hall–Kier alpha value is -1.57. The third-order valence-corrected chi connectivity index (χ3v) is 3.19. The lowest BCUT2D eigenvalue weighted by atomic mass is 10.0. The quantitative estimate of drug-likeness (QED) is 0.743. The van der Waals surface area contributed by atoms with E-state index in [1.54, 1.807) is 0 Å². The van der Waals surface area contributed by atoms with Gasteiger partial charge in [-0.25, -0.2) is 0 Å². The largest absolute Gasteiger partial charge is 0.326 e. The number of hydrogen-bond donors (Lipinski definition) is 1. The minimum absolute atomic E-state index is 0.0997. The van der Waals surface area contributed by atoms with Gasteiger partial charge in [-0.05, 0) is 42.0 Å². The van der Waals surface area contributed by atoms with Crippen molar-refractivity contribution in [1.82, 2.24) is 0 Å². The van der Waals surface area contributed by atoms with E-state index >= 15 is 0 Å². The summed E-state index contributed by atoms with van der Waals surface area (Å²) in [6, 6.07) is 7.90. The molecule has 0 aliphatic heterocycles. The number of anilines is 1. The molecule has 2 heteroatoms. The van der Waals surface area contributed by atoms with Gasteiger partial charge in [0, 0.05) is 12.1 Å². The molecule has 1 amide bonds. The van der Waals surface area contributed by atoms with Crippen molar-refractivity contribution in [1.29, 1.82) is 0 Å². The molecular formula is C17H25NO. The maximum absolute atomic E-state index is 11.7. The number of amides is 1. The maximum Gasteiger partial charge on any atom is 0.224 e. The van der Waals surface area contributed by atoms with Gasteiger partial charge < -0.3 is 5.32 Å². The molecular weight excluding hydrogens is 234 g/mol. The second kappa shape index (κ2) is 7.78. The number of allylic oxidation sites excluding steroid dienone is 1. The van der Waals surface area contributed by atoms with Gasteiger partial charge in [-0.3, -0.25) is 4.79 Å². The van der Waals surface area contributed by atoms with Gasteiger partial charge in [0.05, 0.1) is 0 Å². The van der Waals surface area contributed by atoms with Crippen LogP contribution < -0.4 is 5.32 Å². The molecule has 1 rings (SSSR count). The maximum atomic E-state index is 11.7. The Morgan fingerprint density at radius 3 is 2.42 bits per heavy atom. The molecule has 1 aromatic rings. The van der Waals surface area contributed by atoms with Crippen LogP contribution in [0, 0.1) is 5.92 Å². The highest BCUT2D eigenvalue weighted by molar-refractivity contribution is 5.90. The van der Waals surface area contributed by atoms with Crippen LogP contribution in [0.4, 0.5) is 5.69 Å². The van der Waals surface area contributed by atoms with Crippen molar-refractivity contribution in [3.63, 3.8) is 0 Å². The van der Waals surface area contributed by atoms with Crippen molar-refractivity contribution in [2.75, 3.05) is 5.32 Å². The molecule has 0 heterocycles. The van der Waals surface area contributed by atoms with Crippen LogP contribution in [-0.2, 0) is 4.79 Å². The van der Waals surface area contributed by atoms with Crippen LogP contribution in [0.25, 0.3) is 5.57 Å². The fraction of sp³-hybridized carbons (Fsp3) is 0.471. The molecule has 2 nitrogen and oxygen atoms in total. The molecule has 1 aromatic carbocycles. The average molecular weight is 259 g/mol. The van der Waals surface area contributed by atoms with E-state index in [0.29, 0.717) is 12.3 Å². The highest BCUT2D eigenvalue weighted by atomic mass is 16.1.